The molecule has 0 radical (unpaired) electrons. The number of fused-ring (bicyclic) bond motifs is 1. The maximum absolute atomic E-state index is 14.9. The third-order valence-corrected chi connectivity index (χ3v) is 7.09. The van der Waals surface area contributed by atoms with Crippen LogP contribution >= 0.6 is 0 Å². The Kier molecular flexibility index (Phi) is 6.61. The van der Waals surface area contributed by atoms with Gasteiger partial charge in [-0.25, -0.2) is 8.78 Å². The lowest BCUT2D eigenvalue weighted by atomic mass is 9.99. The van der Waals surface area contributed by atoms with Crippen LogP contribution in [0.3, 0.4) is 0 Å². The second kappa shape index (κ2) is 9.80. The van der Waals surface area contributed by atoms with Crippen molar-refractivity contribution in [1.29, 1.82) is 0 Å². The number of halogens is 2. The number of carbonyl (C=O) groups excluding carboxylic acids is 1. The number of amides is 1. The van der Waals surface area contributed by atoms with Gasteiger partial charge in [0.25, 0.3) is 5.91 Å². The van der Waals surface area contributed by atoms with Gasteiger partial charge >= 0.3 is 0 Å². The number of nitrogens with one attached hydrogen (secondary N) is 2. The Morgan fingerprint density at radius 2 is 1.85 bits per heavy atom. The van der Waals surface area contributed by atoms with Crippen LogP contribution in [0.15, 0.2) is 30.3 Å². The topological polar surface area (TPSA) is 64.3 Å². The van der Waals surface area contributed by atoms with Crippen LogP contribution in [-0.4, -0.2) is 65.2 Å². The maximum atomic E-state index is 14.9. The largest absolute Gasteiger partial charge is 0.348 e. The van der Waals surface area contributed by atoms with Crippen molar-refractivity contribution in [2.45, 2.75) is 44.7 Å². The monoisotopic (exact) mass is 467 g/mol. The number of piperidine rings is 2. The van der Waals surface area contributed by atoms with Crippen LogP contribution in [-0.2, 0) is 6.54 Å². The lowest BCUT2D eigenvalue weighted by Gasteiger charge is -2.29. The van der Waals surface area contributed by atoms with E-state index >= 15 is 0 Å². The molecule has 0 bridgehead atoms. The van der Waals surface area contributed by atoms with Gasteiger partial charge in [0.15, 0.2) is 17.3 Å². The van der Waals surface area contributed by atoms with Gasteiger partial charge < -0.3 is 10.2 Å². The normalized spacial score (nSPS) is 18.4. The van der Waals surface area contributed by atoms with Gasteiger partial charge in [0.1, 0.15) is 0 Å². The molecule has 2 aromatic carbocycles. The smallest absolute Gasteiger partial charge is 0.272 e. The fourth-order valence-electron chi connectivity index (χ4n) is 5.08. The molecule has 2 saturated heterocycles. The van der Waals surface area contributed by atoms with Gasteiger partial charge in [-0.3, -0.25) is 14.8 Å². The highest BCUT2D eigenvalue weighted by Gasteiger charge is 2.23. The van der Waals surface area contributed by atoms with Crippen LogP contribution in [0.1, 0.15) is 48.2 Å². The highest BCUT2D eigenvalue weighted by molar-refractivity contribution is 6.05. The quantitative estimate of drug-likeness (QED) is 0.587. The number of benzene rings is 2. The van der Waals surface area contributed by atoms with Crippen LogP contribution in [0, 0.1) is 11.6 Å². The summed E-state index contributed by atoms with van der Waals surface area (Å²) in [4.78, 5) is 17.5. The number of hydrogen-bond acceptors (Lipinski definition) is 4. The molecule has 3 heterocycles. The summed E-state index contributed by atoms with van der Waals surface area (Å²) in [6.45, 7) is 4.43. The molecule has 0 unspecified atom stereocenters. The van der Waals surface area contributed by atoms with Gasteiger partial charge in [-0.15, -0.1) is 0 Å². The number of H-pyrrole nitrogens is 1. The van der Waals surface area contributed by atoms with Crippen molar-refractivity contribution in [3.63, 3.8) is 0 Å². The highest BCUT2D eigenvalue weighted by Crippen LogP contribution is 2.30. The van der Waals surface area contributed by atoms with E-state index < -0.39 is 11.6 Å². The van der Waals surface area contributed by atoms with Crippen molar-refractivity contribution >= 4 is 16.8 Å². The number of carbonyl (C=O) groups is 1. The molecule has 1 aromatic heterocycles. The first-order valence-corrected chi connectivity index (χ1v) is 12.2. The van der Waals surface area contributed by atoms with Crippen LogP contribution in [0.5, 0.6) is 0 Å². The molecule has 0 spiro atoms. The third-order valence-electron chi connectivity index (χ3n) is 7.09. The van der Waals surface area contributed by atoms with Crippen molar-refractivity contribution < 1.29 is 13.6 Å². The fraction of sp³-hybridized carbons (Fsp3) is 0.462. The second-order valence-corrected chi connectivity index (χ2v) is 9.66. The predicted molar refractivity (Wildman–Crippen MR) is 129 cm³/mol. The lowest BCUT2D eigenvalue weighted by molar-refractivity contribution is 0.0913. The van der Waals surface area contributed by atoms with Crippen molar-refractivity contribution in [2.24, 2.45) is 0 Å². The molecule has 2 fully saturated rings. The average Bonchev–Trinajstić information content (AvgIpc) is 3.27. The SMILES string of the molecule is CN1CCC(NC(=O)c2n[nH]c3ccc(-c4cc(CN5CCCCC5)cc(F)c4F)cc23)CC1. The summed E-state index contributed by atoms with van der Waals surface area (Å²) in [5.41, 5.74) is 2.45. The van der Waals surface area contributed by atoms with Gasteiger partial charge in [-0.05, 0) is 94.3 Å². The average molecular weight is 468 g/mol. The second-order valence-electron chi connectivity index (χ2n) is 9.66. The Morgan fingerprint density at radius 3 is 2.62 bits per heavy atom. The Balaban J connectivity index is 1.42. The van der Waals surface area contributed by atoms with Crippen LogP contribution < -0.4 is 5.32 Å². The zero-order valence-corrected chi connectivity index (χ0v) is 19.5. The standard InChI is InChI=1S/C26H31F2N5O/c1-32-11-7-19(8-12-32)29-26(34)25-21-15-18(5-6-23(21)30-31-25)20-13-17(14-22(27)24(20)28)16-33-9-3-2-4-10-33/h5-6,13-15,19H,2-4,7-12,16H2,1H3,(H,29,34)(H,30,31). The van der Waals surface area contributed by atoms with E-state index in [2.05, 4.69) is 32.4 Å². The molecule has 180 valence electrons. The summed E-state index contributed by atoms with van der Waals surface area (Å²) < 4.78 is 29.4. The number of likely N-dealkylation sites (tertiary alicyclic amines) is 2. The minimum absolute atomic E-state index is 0.108. The molecule has 0 atom stereocenters. The molecule has 2 aliphatic rings. The summed E-state index contributed by atoms with van der Waals surface area (Å²) in [5, 5.41) is 10.8. The maximum Gasteiger partial charge on any atom is 0.272 e. The van der Waals surface area contributed by atoms with E-state index in [1.54, 1.807) is 24.3 Å². The van der Waals surface area contributed by atoms with Crippen LogP contribution in [0.4, 0.5) is 8.78 Å². The molecule has 2 N–H and O–H groups in total. The zero-order chi connectivity index (χ0) is 23.7. The lowest BCUT2D eigenvalue weighted by Crippen LogP contribution is -2.43. The van der Waals surface area contributed by atoms with E-state index in [0.29, 0.717) is 23.0 Å². The van der Waals surface area contributed by atoms with Crippen molar-refractivity contribution in [1.82, 2.24) is 25.3 Å². The Labute approximate surface area is 198 Å². The van der Waals surface area contributed by atoms with E-state index in [1.807, 2.05) is 0 Å². The third kappa shape index (κ3) is 4.83. The molecule has 0 saturated carbocycles. The molecule has 6 nitrogen and oxygen atoms in total. The summed E-state index contributed by atoms with van der Waals surface area (Å²) in [7, 11) is 2.07. The van der Waals surface area contributed by atoms with Crippen molar-refractivity contribution in [3.05, 3.63) is 53.2 Å². The molecule has 8 heteroatoms. The van der Waals surface area contributed by atoms with E-state index in [4.69, 9.17) is 0 Å². The minimum atomic E-state index is -0.873. The molecular formula is C26H31F2N5O. The van der Waals surface area contributed by atoms with Gasteiger partial charge in [0.2, 0.25) is 0 Å². The van der Waals surface area contributed by atoms with Crippen LogP contribution in [0.2, 0.25) is 0 Å². The Hall–Kier alpha value is -2.84. The van der Waals surface area contributed by atoms with E-state index in [1.165, 1.54) is 12.5 Å². The molecule has 2 aliphatic heterocycles. The number of aromatic amines is 1. The summed E-state index contributed by atoms with van der Waals surface area (Å²) >= 11 is 0. The highest BCUT2D eigenvalue weighted by atomic mass is 19.2. The van der Waals surface area contributed by atoms with E-state index in [9.17, 15) is 13.6 Å². The molecule has 0 aliphatic carbocycles. The van der Waals surface area contributed by atoms with Gasteiger partial charge in [0, 0.05) is 23.5 Å². The number of nitrogens with zero attached hydrogens (tertiary/aromatic N) is 3. The van der Waals surface area contributed by atoms with Crippen molar-refractivity contribution in [2.75, 3.05) is 33.2 Å². The first-order chi connectivity index (χ1) is 16.5. The van der Waals surface area contributed by atoms with Gasteiger partial charge in [-0.2, -0.15) is 5.10 Å². The van der Waals surface area contributed by atoms with E-state index in [0.717, 1.165) is 57.4 Å². The first kappa shape index (κ1) is 22.9. The number of rotatable bonds is 5. The molecular weight excluding hydrogens is 436 g/mol. The number of hydrogen-bond donors (Lipinski definition) is 2. The Bertz CT molecular complexity index is 1180. The number of aromatic nitrogens is 2. The minimum Gasteiger partial charge on any atom is -0.348 e. The molecule has 3 aromatic rings. The van der Waals surface area contributed by atoms with Crippen molar-refractivity contribution in [3.8, 4) is 11.1 Å². The van der Waals surface area contributed by atoms with Gasteiger partial charge in [0.05, 0.1) is 5.52 Å². The van der Waals surface area contributed by atoms with Gasteiger partial charge in [-0.1, -0.05) is 12.5 Å². The van der Waals surface area contributed by atoms with E-state index in [-0.39, 0.29) is 23.2 Å². The summed E-state index contributed by atoms with van der Waals surface area (Å²) in [5.74, 6) is -1.97. The zero-order valence-electron chi connectivity index (χ0n) is 19.5. The van der Waals surface area contributed by atoms with Crippen LogP contribution in [0.25, 0.3) is 22.0 Å². The molecule has 5 rings (SSSR count). The summed E-state index contributed by atoms with van der Waals surface area (Å²) in [6, 6.07) is 8.36. The summed E-state index contributed by atoms with van der Waals surface area (Å²) in [6.07, 6.45) is 5.28. The molecule has 34 heavy (non-hydrogen) atoms. The Morgan fingerprint density at radius 1 is 1.09 bits per heavy atom. The predicted octanol–water partition coefficient (Wildman–Crippen LogP) is 4.32. The molecule has 1 amide bonds. The fourth-order valence-corrected chi connectivity index (χ4v) is 5.08. The first-order valence-electron chi connectivity index (χ1n) is 12.2.